The molecule has 17 heavy (non-hydrogen) atoms. The van der Waals surface area contributed by atoms with Gasteiger partial charge in [0.2, 0.25) is 0 Å². The van der Waals surface area contributed by atoms with E-state index in [1.165, 1.54) is 11.5 Å². The van der Waals surface area contributed by atoms with Gasteiger partial charge in [-0.3, -0.25) is 4.79 Å². The number of nitrogens with zero attached hydrogens (tertiary/aromatic N) is 1. The van der Waals surface area contributed by atoms with Gasteiger partial charge in [0.1, 0.15) is 11.2 Å². The molecule has 1 aliphatic heterocycles. The minimum absolute atomic E-state index is 0.00359. The Kier molecular flexibility index (Phi) is 2.89. The summed E-state index contributed by atoms with van der Waals surface area (Å²) < 4.78 is 4.38. The molecule has 5 heteroatoms. The zero-order chi connectivity index (χ0) is 12.8. The lowest BCUT2D eigenvalue weighted by Crippen LogP contribution is -2.52. The highest BCUT2D eigenvalue weighted by Crippen LogP contribution is 2.35. The van der Waals surface area contributed by atoms with E-state index in [0.29, 0.717) is 0 Å². The number of anilines is 1. The van der Waals surface area contributed by atoms with Crippen molar-refractivity contribution < 1.29 is 4.79 Å². The maximum absolute atomic E-state index is 12.1. The van der Waals surface area contributed by atoms with Crippen LogP contribution in [0.1, 0.15) is 56.6 Å². The molecule has 1 aliphatic rings. The van der Waals surface area contributed by atoms with E-state index in [1.807, 2.05) is 0 Å². The van der Waals surface area contributed by atoms with Crippen LogP contribution in [0.5, 0.6) is 0 Å². The predicted molar refractivity (Wildman–Crippen MR) is 70.5 cm³/mol. The van der Waals surface area contributed by atoms with Crippen LogP contribution in [0.25, 0.3) is 0 Å². The summed E-state index contributed by atoms with van der Waals surface area (Å²) >= 11 is 1.38. The first kappa shape index (κ1) is 12.4. The maximum atomic E-state index is 12.1. The largest absolute Gasteiger partial charge is 0.355 e. The molecule has 1 aromatic rings. The van der Waals surface area contributed by atoms with E-state index in [1.54, 1.807) is 0 Å². The zero-order valence-corrected chi connectivity index (χ0v) is 11.7. The highest BCUT2D eigenvalue weighted by Gasteiger charge is 2.35. The number of rotatable bonds is 1. The van der Waals surface area contributed by atoms with Crippen molar-refractivity contribution in [1.29, 1.82) is 0 Å². The number of fused-ring (bicyclic) bond motifs is 1. The molecule has 2 rings (SSSR count). The fourth-order valence-electron chi connectivity index (χ4n) is 1.82. The Labute approximate surface area is 106 Å². The van der Waals surface area contributed by atoms with Gasteiger partial charge in [-0.2, -0.15) is 4.37 Å². The number of carbonyl (C=O) groups is 1. The van der Waals surface area contributed by atoms with Gasteiger partial charge in [0, 0.05) is 5.41 Å². The summed E-state index contributed by atoms with van der Waals surface area (Å²) in [7, 11) is 0. The summed E-state index contributed by atoms with van der Waals surface area (Å²) in [5.74, 6) is 0.268. The third-order valence-electron chi connectivity index (χ3n) is 2.91. The number of hydrogen-bond acceptors (Lipinski definition) is 4. The van der Waals surface area contributed by atoms with Crippen molar-refractivity contribution in [3.8, 4) is 0 Å². The first-order valence-electron chi connectivity index (χ1n) is 5.87. The van der Waals surface area contributed by atoms with Gasteiger partial charge >= 0.3 is 0 Å². The topological polar surface area (TPSA) is 54.0 Å². The molecule has 0 aromatic carbocycles. The number of aromatic nitrogens is 1. The van der Waals surface area contributed by atoms with Gasteiger partial charge in [-0.15, -0.1) is 0 Å². The number of amides is 1. The van der Waals surface area contributed by atoms with Gasteiger partial charge in [0.05, 0.1) is 11.3 Å². The summed E-state index contributed by atoms with van der Waals surface area (Å²) in [5, 5.41) is 7.28. The molecular formula is C12H19N3OS. The smallest absolute Gasteiger partial charge is 0.257 e. The molecule has 94 valence electrons. The standard InChI is InChI=1S/C12H19N3OS/c1-6(2)8-7-9(16)13-11(12(3,4)5)14-10(7)17-15-8/h6,11,14H,1-5H3,(H,13,16). The highest BCUT2D eigenvalue weighted by atomic mass is 32.1. The highest BCUT2D eigenvalue weighted by molar-refractivity contribution is 7.10. The van der Waals surface area contributed by atoms with E-state index in [4.69, 9.17) is 0 Å². The van der Waals surface area contributed by atoms with Crippen LogP contribution in [0.2, 0.25) is 0 Å². The molecular weight excluding hydrogens is 234 g/mol. The van der Waals surface area contributed by atoms with Crippen LogP contribution in [-0.2, 0) is 0 Å². The Bertz CT molecular complexity index is 445. The van der Waals surface area contributed by atoms with Gasteiger partial charge in [-0.05, 0) is 17.5 Å². The zero-order valence-electron chi connectivity index (χ0n) is 10.9. The van der Waals surface area contributed by atoms with Gasteiger partial charge < -0.3 is 10.6 Å². The molecule has 0 bridgehead atoms. The van der Waals surface area contributed by atoms with Crippen molar-refractivity contribution in [3.05, 3.63) is 11.3 Å². The van der Waals surface area contributed by atoms with Crippen molar-refractivity contribution in [3.63, 3.8) is 0 Å². The fourth-order valence-corrected chi connectivity index (χ4v) is 2.77. The Morgan fingerprint density at radius 3 is 2.47 bits per heavy atom. The van der Waals surface area contributed by atoms with Crippen LogP contribution in [0.15, 0.2) is 0 Å². The van der Waals surface area contributed by atoms with Crippen molar-refractivity contribution in [2.24, 2.45) is 5.41 Å². The minimum Gasteiger partial charge on any atom is -0.355 e. The number of hydrogen-bond donors (Lipinski definition) is 2. The van der Waals surface area contributed by atoms with Crippen LogP contribution in [0.4, 0.5) is 5.00 Å². The van der Waals surface area contributed by atoms with Crippen LogP contribution < -0.4 is 10.6 Å². The van der Waals surface area contributed by atoms with Crippen LogP contribution in [0.3, 0.4) is 0 Å². The number of nitrogens with one attached hydrogen (secondary N) is 2. The van der Waals surface area contributed by atoms with Crippen LogP contribution in [0, 0.1) is 5.41 Å². The minimum atomic E-state index is -0.0389. The quantitative estimate of drug-likeness (QED) is 0.809. The molecule has 1 atom stereocenters. The molecule has 0 saturated heterocycles. The van der Waals surface area contributed by atoms with Crippen LogP contribution >= 0.6 is 11.5 Å². The third kappa shape index (κ3) is 2.16. The molecule has 4 nitrogen and oxygen atoms in total. The monoisotopic (exact) mass is 253 g/mol. The first-order valence-corrected chi connectivity index (χ1v) is 6.65. The molecule has 2 heterocycles. The lowest BCUT2D eigenvalue weighted by atomic mass is 9.90. The Hall–Kier alpha value is -1.10. The second-order valence-electron chi connectivity index (χ2n) is 5.84. The van der Waals surface area contributed by atoms with Crippen molar-refractivity contribution in [2.75, 3.05) is 5.32 Å². The summed E-state index contributed by atoms with van der Waals surface area (Å²) in [6, 6.07) is 0. The summed E-state index contributed by atoms with van der Waals surface area (Å²) in [5.41, 5.74) is 1.60. The fraction of sp³-hybridized carbons (Fsp3) is 0.667. The second-order valence-corrected chi connectivity index (χ2v) is 6.62. The molecule has 1 aromatic heterocycles. The molecule has 1 unspecified atom stereocenters. The Morgan fingerprint density at radius 1 is 1.29 bits per heavy atom. The van der Waals surface area contributed by atoms with Gasteiger partial charge in [0.15, 0.2) is 0 Å². The van der Waals surface area contributed by atoms with E-state index in [-0.39, 0.29) is 23.4 Å². The number of carbonyl (C=O) groups excluding carboxylic acids is 1. The van der Waals surface area contributed by atoms with E-state index < -0.39 is 0 Å². The van der Waals surface area contributed by atoms with Crippen LogP contribution in [-0.4, -0.2) is 16.4 Å². The van der Waals surface area contributed by atoms with Crippen molar-refractivity contribution in [2.45, 2.75) is 46.7 Å². The molecule has 1 amide bonds. The maximum Gasteiger partial charge on any atom is 0.257 e. The Morgan fingerprint density at radius 2 is 1.94 bits per heavy atom. The van der Waals surface area contributed by atoms with E-state index in [9.17, 15) is 4.79 Å². The summed E-state index contributed by atoms with van der Waals surface area (Å²) in [6.07, 6.45) is -0.0389. The molecule has 0 spiro atoms. The second kappa shape index (κ2) is 3.98. The van der Waals surface area contributed by atoms with E-state index in [0.717, 1.165) is 16.3 Å². The van der Waals surface area contributed by atoms with Gasteiger partial charge in [-0.25, -0.2) is 0 Å². The molecule has 0 aliphatic carbocycles. The first-order chi connectivity index (χ1) is 7.80. The van der Waals surface area contributed by atoms with Gasteiger partial charge in [0.25, 0.3) is 5.91 Å². The average molecular weight is 253 g/mol. The van der Waals surface area contributed by atoms with E-state index in [2.05, 4.69) is 49.6 Å². The van der Waals surface area contributed by atoms with Crippen molar-refractivity contribution in [1.82, 2.24) is 9.69 Å². The van der Waals surface area contributed by atoms with E-state index >= 15 is 0 Å². The normalized spacial score (nSPS) is 19.9. The molecule has 0 saturated carbocycles. The van der Waals surface area contributed by atoms with Crippen molar-refractivity contribution >= 4 is 22.4 Å². The third-order valence-corrected chi connectivity index (χ3v) is 3.70. The summed E-state index contributed by atoms with van der Waals surface area (Å²) in [6.45, 7) is 10.4. The molecule has 2 N–H and O–H groups in total. The summed E-state index contributed by atoms with van der Waals surface area (Å²) in [4.78, 5) is 12.1. The van der Waals surface area contributed by atoms with Gasteiger partial charge in [-0.1, -0.05) is 34.6 Å². The SMILES string of the molecule is CC(C)c1nsc2c1C(=O)NC(C(C)(C)C)N2. The molecule has 0 fully saturated rings. The predicted octanol–water partition coefficient (Wildman–Crippen LogP) is 2.79. The lowest BCUT2D eigenvalue weighted by Gasteiger charge is -2.35. The average Bonchev–Trinajstić information content (AvgIpc) is 2.60. The lowest BCUT2D eigenvalue weighted by molar-refractivity contribution is 0.0904. The Balaban J connectivity index is 2.37. The molecule has 0 radical (unpaired) electrons.